The summed E-state index contributed by atoms with van der Waals surface area (Å²) in [4.78, 5) is 24.7. The Balaban J connectivity index is 1.70. The van der Waals surface area contributed by atoms with Gasteiger partial charge < -0.3 is 24.2 Å². The quantitative estimate of drug-likeness (QED) is 0.525. The monoisotopic (exact) mass is 507 g/mol. The molecule has 0 aliphatic carbocycles. The van der Waals surface area contributed by atoms with E-state index in [1.165, 1.54) is 11.4 Å². The molecule has 1 aliphatic rings. The van der Waals surface area contributed by atoms with E-state index in [1.54, 1.807) is 42.5 Å². The molecule has 0 unspecified atom stereocenters. The highest BCUT2D eigenvalue weighted by molar-refractivity contribution is 7.89. The molecule has 2 N–H and O–H groups in total. The van der Waals surface area contributed by atoms with Crippen molar-refractivity contribution in [3.63, 3.8) is 0 Å². The smallest absolute Gasteiger partial charge is 0.411 e. The fourth-order valence-electron chi connectivity index (χ4n) is 3.53. The number of benzene rings is 2. The minimum Gasteiger partial charge on any atom is -0.491 e. The predicted molar refractivity (Wildman–Crippen MR) is 129 cm³/mol. The number of carboxylic acid groups (broad SMARTS) is 1. The molecule has 0 aromatic heterocycles. The van der Waals surface area contributed by atoms with E-state index in [1.807, 2.05) is 18.7 Å². The molecule has 1 aliphatic heterocycles. The Morgan fingerprint density at radius 3 is 2.29 bits per heavy atom. The summed E-state index contributed by atoms with van der Waals surface area (Å²) in [5.41, 5.74) is 0.959. The predicted octanol–water partition coefficient (Wildman–Crippen LogP) is 2.63. The van der Waals surface area contributed by atoms with Crippen molar-refractivity contribution in [2.45, 2.75) is 24.8 Å². The third-order valence-corrected chi connectivity index (χ3v) is 7.09. The van der Waals surface area contributed by atoms with Crippen LogP contribution in [0.5, 0.6) is 11.5 Å². The fourth-order valence-corrected chi connectivity index (χ4v) is 4.95. The van der Waals surface area contributed by atoms with Crippen molar-refractivity contribution >= 4 is 33.5 Å². The van der Waals surface area contributed by atoms with E-state index >= 15 is 0 Å². The molecule has 0 bridgehead atoms. The van der Waals surface area contributed by atoms with E-state index in [4.69, 9.17) is 14.6 Å². The van der Waals surface area contributed by atoms with Gasteiger partial charge in [-0.05, 0) is 50.2 Å². The van der Waals surface area contributed by atoms with Gasteiger partial charge in [0.25, 0.3) is 0 Å². The zero-order valence-corrected chi connectivity index (χ0v) is 20.6. The maximum atomic E-state index is 13.1. The maximum absolute atomic E-state index is 13.1. The maximum Gasteiger partial charge on any atom is 0.411 e. The highest BCUT2D eigenvalue weighted by atomic mass is 32.2. The van der Waals surface area contributed by atoms with Crippen LogP contribution in [0, 0.1) is 0 Å². The lowest BCUT2D eigenvalue weighted by Crippen LogP contribution is -2.48. The summed E-state index contributed by atoms with van der Waals surface area (Å²) in [6.07, 6.45) is -0.730. The Bertz CT molecular complexity index is 1140. The van der Waals surface area contributed by atoms with Gasteiger partial charge in [0.15, 0.2) is 6.61 Å². The van der Waals surface area contributed by atoms with E-state index in [2.05, 4.69) is 10.1 Å². The number of ether oxygens (including phenoxy) is 3. The topological polar surface area (TPSA) is 135 Å². The van der Waals surface area contributed by atoms with E-state index in [0.29, 0.717) is 24.5 Å². The average molecular weight is 508 g/mol. The molecule has 1 heterocycles. The van der Waals surface area contributed by atoms with Gasteiger partial charge in [-0.15, -0.1) is 0 Å². The molecule has 0 spiro atoms. The second-order valence-corrected chi connectivity index (χ2v) is 9.95. The SMILES string of the molecule is COC(=O)Nc1ccc(N2CCN(S(=O)(=O)c3ccc(OC(C)C)cc3)CC2)cc1OCC(=O)O. The Hall–Kier alpha value is -3.51. The minimum atomic E-state index is -3.66. The second-order valence-electron chi connectivity index (χ2n) is 8.01. The van der Waals surface area contributed by atoms with E-state index in [9.17, 15) is 18.0 Å². The van der Waals surface area contributed by atoms with Gasteiger partial charge in [0, 0.05) is 37.9 Å². The Morgan fingerprint density at radius 1 is 1.06 bits per heavy atom. The van der Waals surface area contributed by atoms with Gasteiger partial charge in [0.2, 0.25) is 10.0 Å². The normalized spacial score (nSPS) is 14.5. The fraction of sp³-hybridized carbons (Fsp3) is 0.391. The summed E-state index contributed by atoms with van der Waals surface area (Å²) in [5.74, 6) is -0.397. The van der Waals surface area contributed by atoms with Gasteiger partial charge >= 0.3 is 12.1 Å². The largest absolute Gasteiger partial charge is 0.491 e. The van der Waals surface area contributed by atoms with Crippen LogP contribution in [0.15, 0.2) is 47.4 Å². The molecule has 12 heteroatoms. The van der Waals surface area contributed by atoms with Crippen LogP contribution in [0.3, 0.4) is 0 Å². The summed E-state index contributed by atoms with van der Waals surface area (Å²) in [7, 11) is -2.45. The molecule has 1 saturated heterocycles. The molecule has 2 aromatic carbocycles. The third-order valence-electron chi connectivity index (χ3n) is 5.18. The number of carbonyl (C=O) groups excluding carboxylic acids is 1. The molecule has 35 heavy (non-hydrogen) atoms. The van der Waals surface area contributed by atoms with Crippen molar-refractivity contribution in [2.24, 2.45) is 0 Å². The molecular weight excluding hydrogens is 478 g/mol. The molecule has 11 nitrogen and oxygen atoms in total. The van der Waals surface area contributed by atoms with Gasteiger partial charge in [0.1, 0.15) is 11.5 Å². The molecule has 3 rings (SSSR count). The minimum absolute atomic E-state index is 0.00843. The van der Waals surface area contributed by atoms with Crippen molar-refractivity contribution in [3.8, 4) is 11.5 Å². The molecule has 0 radical (unpaired) electrons. The number of anilines is 2. The van der Waals surface area contributed by atoms with Gasteiger partial charge in [0.05, 0.1) is 23.8 Å². The van der Waals surface area contributed by atoms with Crippen molar-refractivity contribution < 1.29 is 37.3 Å². The number of aliphatic carboxylic acids is 1. The number of carbonyl (C=O) groups is 2. The van der Waals surface area contributed by atoms with Crippen molar-refractivity contribution in [3.05, 3.63) is 42.5 Å². The van der Waals surface area contributed by atoms with Gasteiger partial charge in [-0.2, -0.15) is 4.31 Å². The third kappa shape index (κ3) is 6.76. The van der Waals surface area contributed by atoms with E-state index in [0.717, 1.165) is 0 Å². The number of hydrogen-bond donors (Lipinski definition) is 2. The summed E-state index contributed by atoms with van der Waals surface area (Å²) >= 11 is 0. The number of amides is 1. The molecule has 1 amide bonds. The molecule has 2 aromatic rings. The van der Waals surface area contributed by atoms with Crippen molar-refractivity contribution in [1.29, 1.82) is 0 Å². The summed E-state index contributed by atoms with van der Waals surface area (Å²) in [6.45, 7) is 4.56. The first kappa shape index (κ1) is 26.1. The number of hydrogen-bond acceptors (Lipinski definition) is 8. The first-order chi connectivity index (χ1) is 16.6. The molecule has 0 saturated carbocycles. The van der Waals surface area contributed by atoms with Crippen molar-refractivity contribution in [1.82, 2.24) is 4.31 Å². The van der Waals surface area contributed by atoms with Crippen LogP contribution in [0.4, 0.5) is 16.2 Å². The molecule has 190 valence electrons. The van der Waals surface area contributed by atoms with Crippen LogP contribution in [0.2, 0.25) is 0 Å². The number of nitrogens with zero attached hydrogens (tertiary/aromatic N) is 2. The lowest BCUT2D eigenvalue weighted by atomic mass is 10.2. The standard InChI is InChI=1S/C23H29N3O8S/c1-16(2)34-18-5-7-19(8-6-18)35(30,31)26-12-10-25(11-13-26)17-4-9-20(24-23(29)32-3)21(14-17)33-15-22(27)28/h4-9,14,16H,10-13,15H2,1-3H3,(H,24,29)(H,27,28). The number of methoxy groups -OCH3 is 1. The Labute approximate surface area is 204 Å². The highest BCUT2D eigenvalue weighted by Crippen LogP contribution is 2.31. The van der Waals surface area contributed by atoms with Crippen molar-refractivity contribution in [2.75, 3.05) is 50.1 Å². The second kappa shape index (κ2) is 11.3. The van der Waals surface area contributed by atoms with Gasteiger partial charge in [-0.25, -0.2) is 18.0 Å². The summed E-state index contributed by atoms with van der Waals surface area (Å²) in [5, 5.41) is 11.4. The van der Waals surface area contributed by atoms with Crippen LogP contribution in [0.1, 0.15) is 13.8 Å². The zero-order chi connectivity index (χ0) is 25.6. The number of sulfonamides is 1. The van der Waals surface area contributed by atoms with Crippen LogP contribution < -0.4 is 19.7 Å². The summed E-state index contributed by atoms with van der Waals surface area (Å²) in [6, 6.07) is 11.3. The average Bonchev–Trinajstić information content (AvgIpc) is 2.83. The lowest BCUT2D eigenvalue weighted by molar-refractivity contribution is -0.139. The molecular formula is C23H29N3O8S. The Kier molecular flexibility index (Phi) is 8.41. The number of piperazine rings is 1. The number of nitrogens with one attached hydrogen (secondary N) is 1. The van der Waals surface area contributed by atoms with E-state index in [-0.39, 0.29) is 35.5 Å². The lowest BCUT2D eigenvalue weighted by Gasteiger charge is -2.35. The molecule has 1 fully saturated rings. The van der Waals surface area contributed by atoms with Crippen LogP contribution in [-0.4, -0.2) is 75.9 Å². The van der Waals surface area contributed by atoms with Crippen LogP contribution >= 0.6 is 0 Å². The van der Waals surface area contributed by atoms with E-state index < -0.39 is 28.7 Å². The number of carboxylic acids is 1. The Morgan fingerprint density at radius 2 is 1.71 bits per heavy atom. The number of rotatable bonds is 9. The van der Waals surface area contributed by atoms with Gasteiger partial charge in [-0.1, -0.05) is 0 Å². The highest BCUT2D eigenvalue weighted by Gasteiger charge is 2.29. The van der Waals surface area contributed by atoms with Crippen LogP contribution in [-0.2, 0) is 19.6 Å². The summed E-state index contributed by atoms with van der Waals surface area (Å²) < 4.78 is 43.1. The van der Waals surface area contributed by atoms with Gasteiger partial charge in [-0.3, -0.25) is 5.32 Å². The first-order valence-electron chi connectivity index (χ1n) is 11.0. The zero-order valence-electron chi connectivity index (χ0n) is 19.8. The first-order valence-corrected chi connectivity index (χ1v) is 12.4. The molecule has 0 atom stereocenters. The van der Waals surface area contributed by atoms with Crippen LogP contribution in [0.25, 0.3) is 0 Å².